The van der Waals surface area contributed by atoms with E-state index in [4.69, 9.17) is 9.84 Å². The zero-order chi connectivity index (χ0) is 11.3. The lowest BCUT2D eigenvalue weighted by molar-refractivity contribution is 0.0525. The minimum Gasteiger partial charge on any atom is -0.462 e. The summed E-state index contributed by atoms with van der Waals surface area (Å²) in [4.78, 5) is 11.5. The van der Waals surface area contributed by atoms with Gasteiger partial charge in [0.2, 0.25) is 0 Å². The summed E-state index contributed by atoms with van der Waals surface area (Å²) in [6.07, 6.45) is 0.522. The second-order valence-electron chi connectivity index (χ2n) is 2.97. The molecule has 0 unspecified atom stereocenters. The van der Waals surface area contributed by atoms with Gasteiger partial charge in [-0.3, -0.25) is 0 Å². The molecule has 4 heteroatoms. The van der Waals surface area contributed by atoms with Crippen LogP contribution in [0.4, 0.5) is 0 Å². The number of aliphatic hydroxyl groups excluding tert-OH is 1. The Morgan fingerprint density at radius 3 is 2.87 bits per heavy atom. The Hall–Kier alpha value is -0.870. The number of halogens is 1. The monoisotopic (exact) mass is 272 g/mol. The second kappa shape index (κ2) is 5.88. The molecule has 1 N–H and O–H groups in total. The average Bonchev–Trinajstić information content (AvgIpc) is 2.22. The van der Waals surface area contributed by atoms with Crippen molar-refractivity contribution >= 4 is 21.9 Å². The zero-order valence-electron chi connectivity index (χ0n) is 8.50. The van der Waals surface area contributed by atoms with Crippen molar-refractivity contribution in [2.75, 3.05) is 13.2 Å². The first-order chi connectivity index (χ1) is 7.20. The van der Waals surface area contributed by atoms with Gasteiger partial charge in [-0.2, -0.15) is 0 Å². The number of esters is 1. The number of rotatable bonds is 4. The molecule has 1 rings (SSSR count). The fourth-order valence-corrected chi connectivity index (χ4v) is 1.88. The van der Waals surface area contributed by atoms with Crippen LogP contribution in [-0.4, -0.2) is 24.3 Å². The van der Waals surface area contributed by atoms with Crippen LogP contribution in [0.1, 0.15) is 22.8 Å². The van der Waals surface area contributed by atoms with Gasteiger partial charge in [0, 0.05) is 11.1 Å². The molecule has 1 aromatic rings. The normalized spacial score (nSPS) is 10.1. The van der Waals surface area contributed by atoms with Crippen LogP contribution in [0.3, 0.4) is 0 Å². The van der Waals surface area contributed by atoms with Gasteiger partial charge < -0.3 is 9.84 Å². The number of carbonyl (C=O) groups excluding carboxylic acids is 1. The third-order valence-electron chi connectivity index (χ3n) is 1.96. The van der Waals surface area contributed by atoms with Crippen molar-refractivity contribution in [2.24, 2.45) is 0 Å². The molecule has 0 aromatic heterocycles. The van der Waals surface area contributed by atoms with E-state index >= 15 is 0 Å². The van der Waals surface area contributed by atoms with E-state index in [1.165, 1.54) is 0 Å². The molecule has 15 heavy (non-hydrogen) atoms. The quantitative estimate of drug-likeness (QED) is 0.855. The molecule has 0 amide bonds. The lowest BCUT2D eigenvalue weighted by atomic mass is 10.1. The Labute approximate surface area is 97.2 Å². The van der Waals surface area contributed by atoms with Gasteiger partial charge >= 0.3 is 5.97 Å². The molecular formula is C11H13BrO3. The van der Waals surface area contributed by atoms with Gasteiger partial charge in [-0.15, -0.1) is 0 Å². The molecule has 3 nitrogen and oxygen atoms in total. The minimum atomic E-state index is -0.343. The fraction of sp³-hybridized carbons (Fsp3) is 0.364. The molecule has 0 aliphatic rings. The van der Waals surface area contributed by atoms with Crippen LogP contribution in [0.15, 0.2) is 22.7 Å². The van der Waals surface area contributed by atoms with Gasteiger partial charge in [0.05, 0.1) is 12.2 Å². The van der Waals surface area contributed by atoms with Crippen molar-refractivity contribution in [3.05, 3.63) is 33.8 Å². The third kappa shape index (κ3) is 3.04. The van der Waals surface area contributed by atoms with Gasteiger partial charge in [0.25, 0.3) is 0 Å². The molecule has 0 aliphatic carbocycles. The molecule has 0 fully saturated rings. The van der Waals surface area contributed by atoms with Gasteiger partial charge in [-0.05, 0) is 40.9 Å². The highest BCUT2D eigenvalue weighted by Gasteiger charge is 2.13. The smallest absolute Gasteiger partial charge is 0.339 e. The highest BCUT2D eigenvalue weighted by atomic mass is 79.9. The van der Waals surface area contributed by atoms with Crippen molar-refractivity contribution in [1.82, 2.24) is 0 Å². The number of aliphatic hydroxyl groups is 1. The molecule has 1 aromatic carbocycles. The SMILES string of the molecule is CCOC(=O)c1cccc(CCO)c1Br. The molecule has 0 radical (unpaired) electrons. The number of benzene rings is 1. The van der Waals surface area contributed by atoms with Crippen LogP contribution in [0.25, 0.3) is 0 Å². The summed E-state index contributed by atoms with van der Waals surface area (Å²) in [5, 5.41) is 8.84. The van der Waals surface area contributed by atoms with Crippen molar-refractivity contribution in [3.8, 4) is 0 Å². The predicted molar refractivity (Wildman–Crippen MR) is 60.9 cm³/mol. The summed E-state index contributed by atoms with van der Waals surface area (Å²) >= 11 is 3.34. The van der Waals surface area contributed by atoms with E-state index in [0.29, 0.717) is 23.1 Å². The van der Waals surface area contributed by atoms with Crippen molar-refractivity contribution in [1.29, 1.82) is 0 Å². The van der Waals surface area contributed by atoms with Crippen molar-refractivity contribution in [3.63, 3.8) is 0 Å². The van der Waals surface area contributed by atoms with Crippen molar-refractivity contribution in [2.45, 2.75) is 13.3 Å². The largest absolute Gasteiger partial charge is 0.462 e. The first-order valence-corrected chi connectivity index (χ1v) is 5.55. The Bertz CT molecular complexity index is 350. The summed E-state index contributed by atoms with van der Waals surface area (Å²) in [6.45, 7) is 2.18. The lowest BCUT2D eigenvalue weighted by Gasteiger charge is -2.07. The summed E-state index contributed by atoms with van der Waals surface area (Å²) in [6, 6.07) is 5.34. The van der Waals surface area contributed by atoms with Crippen LogP contribution in [0, 0.1) is 0 Å². The van der Waals surface area contributed by atoms with Crippen LogP contribution in [0.2, 0.25) is 0 Å². The van der Waals surface area contributed by atoms with E-state index in [9.17, 15) is 4.79 Å². The fourth-order valence-electron chi connectivity index (χ4n) is 1.26. The molecule has 0 heterocycles. The number of ether oxygens (including phenoxy) is 1. The molecule has 0 aliphatic heterocycles. The summed E-state index contributed by atoms with van der Waals surface area (Å²) < 4.78 is 5.62. The van der Waals surface area contributed by atoms with Crippen LogP contribution in [-0.2, 0) is 11.2 Å². The molecule has 0 spiro atoms. The van der Waals surface area contributed by atoms with Crippen LogP contribution in [0.5, 0.6) is 0 Å². The highest BCUT2D eigenvalue weighted by molar-refractivity contribution is 9.10. The van der Waals surface area contributed by atoms with Gasteiger partial charge in [0.1, 0.15) is 0 Å². The van der Waals surface area contributed by atoms with Gasteiger partial charge in [-0.25, -0.2) is 4.79 Å². The van der Waals surface area contributed by atoms with E-state index in [-0.39, 0.29) is 12.6 Å². The van der Waals surface area contributed by atoms with E-state index in [1.807, 2.05) is 6.07 Å². The molecular weight excluding hydrogens is 260 g/mol. The number of hydrogen-bond acceptors (Lipinski definition) is 3. The maximum atomic E-state index is 11.5. The number of carbonyl (C=O) groups is 1. The zero-order valence-corrected chi connectivity index (χ0v) is 10.1. The summed E-state index contributed by atoms with van der Waals surface area (Å²) in [7, 11) is 0. The first kappa shape index (κ1) is 12.2. The lowest BCUT2D eigenvalue weighted by Crippen LogP contribution is -2.07. The molecule has 0 saturated carbocycles. The molecule has 0 atom stereocenters. The Kier molecular flexibility index (Phi) is 4.78. The third-order valence-corrected chi connectivity index (χ3v) is 2.89. The average molecular weight is 273 g/mol. The van der Waals surface area contributed by atoms with E-state index in [2.05, 4.69) is 15.9 Å². The topological polar surface area (TPSA) is 46.5 Å². The minimum absolute atomic E-state index is 0.0604. The van der Waals surface area contributed by atoms with Gasteiger partial charge in [-0.1, -0.05) is 12.1 Å². The van der Waals surface area contributed by atoms with Crippen LogP contribution < -0.4 is 0 Å². The Morgan fingerprint density at radius 2 is 2.27 bits per heavy atom. The molecule has 0 saturated heterocycles. The standard InChI is InChI=1S/C11H13BrO3/c1-2-15-11(14)9-5-3-4-8(6-7-13)10(9)12/h3-5,13H,2,6-7H2,1H3. The molecule has 0 bridgehead atoms. The number of hydrogen-bond donors (Lipinski definition) is 1. The molecule has 82 valence electrons. The first-order valence-electron chi connectivity index (χ1n) is 4.76. The van der Waals surface area contributed by atoms with Crippen molar-refractivity contribution < 1.29 is 14.6 Å². The highest BCUT2D eigenvalue weighted by Crippen LogP contribution is 2.23. The predicted octanol–water partition coefficient (Wildman–Crippen LogP) is 2.16. The Morgan fingerprint density at radius 1 is 1.53 bits per heavy atom. The van der Waals surface area contributed by atoms with E-state index in [1.54, 1.807) is 19.1 Å². The summed E-state index contributed by atoms with van der Waals surface area (Å²) in [5.74, 6) is -0.343. The second-order valence-corrected chi connectivity index (χ2v) is 3.77. The van der Waals surface area contributed by atoms with Crippen LogP contribution >= 0.6 is 15.9 Å². The van der Waals surface area contributed by atoms with Gasteiger partial charge in [0.15, 0.2) is 0 Å². The maximum absolute atomic E-state index is 11.5. The summed E-state index contributed by atoms with van der Waals surface area (Å²) in [5.41, 5.74) is 1.41. The maximum Gasteiger partial charge on any atom is 0.339 e. The van der Waals surface area contributed by atoms with E-state index in [0.717, 1.165) is 5.56 Å². The Balaban J connectivity index is 2.98. The van der Waals surface area contributed by atoms with E-state index < -0.39 is 0 Å².